The zero-order chi connectivity index (χ0) is 17.2. The van der Waals surface area contributed by atoms with Crippen molar-refractivity contribution in [1.82, 2.24) is 25.4 Å². The first-order valence-electron chi connectivity index (χ1n) is 8.82. The van der Waals surface area contributed by atoms with Crippen LogP contribution in [0.25, 0.3) is 0 Å². The van der Waals surface area contributed by atoms with E-state index in [1.165, 1.54) is 11.1 Å². The number of methoxy groups -OCH3 is 1. The topological polar surface area (TPSA) is 81.1 Å². The monoisotopic (exact) mass is 341 g/mol. The normalized spacial score (nSPS) is 21.5. The molecule has 0 saturated heterocycles. The summed E-state index contributed by atoms with van der Waals surface area (Å²) in [6.45, 7) is 1.22. The number of aromatic nitrogens is 3. The van der Waals surface area contributed by atoms with Crippen LogP contribution in [0.5, 0.6) is 0 Å². The molecule has 1 aliphatic heterocycles. The fourth-order valence-electron chi connectivity index (χ4n) is 3.79. The maximum absolute atomic E-state index is 12.5. The Hall–Kier alpha value is -2.41. The van der Waals surface area contributed by atoms with Gasteiger partial charge >= 0.3 is 6.03 Å². The Balaban J connectivity index is 1.42. The molecule has 0 unspecified atom stereocenters. The van der Waals surface area contributed by atoms with E-state index in [-0.39, 0.29) is 18.1 Å². The SMILES string of the molecule is COCc1nc2n(n1)CCC[C@@H]2NC(=O)N[C@H]1CCc2ccccc21. The highest BCUT2D eigenvalue weighted by molar-refractivity contribution is 5.75. The molecule has 7 nitrogen and oxygen atoms in total. The number of fused-ring (bicyclic) bond motifs is 2. The first-order valence-corrected chi connectivity index (χ1v) is 8.82. The number of carbonyl (C=O) groups excluding carboxylic acids is 1. The van der Waals surface area contributed by atoms with Crippen molar-refractivity contribution in [1.29, 1.82) is 0 Å². The third-order valence-electron chi connectivity index (χ3n) is 4.94. The van der Waals surface area contributed by atoms with Gasteiger partial charge in [0, 0.05) is 13.7 Å². The standard InChI is InChI=1S/C18H23N5O2/c1-25-11-16-21-17-15(7-4-10-23(17)22-16)20-18(24)19-14-9-8-12-5-2-3-6-13(12)14/h2-3,5-6,14-15H,4,7-11H2,1H3,(H2,19,20,24)/t14-,15-/m0/s1. The summed E-state index contributed by atoms with van der Waals surface area (Å²) in [4.78, 5) is 17.0. The summed E-state index contributed by atoms with van der Waals surface area (Å²) in [7, 11) is 1.63. The Morgan fingerprint density at radius 3 is 3.00 bits per heavy atom. The fourth-order valence-corrected chi connectivity index (χ4v) is 3.79. The van der Waals surface area contributed by atoms with Crippen molar-refractivity contribution in [2.45, 2.75) is 50.9 Å². The Bertz CT molecular complexity index is 773. The minimum absolute atomic E-state index is 0.0849. The third kappa shape index (κ3) is 3.24. The van der Waals surface area contributed by atoms with Crippen LogP contribution in [0.15, 0.2) is 24.3 Å². The van der Waals surface area contributed by atoms with Gasteiger partial charge in [-0.05, 0) is 36.8 Å². The average Bonchev–Trinajstić information content (AvgIpc) is 3.20. The van der Waals surface area contributed by atoms with Gasteiger partial charge in [-0.2, -0.15) is 5.10 Å². The predicted octanol–water partition coefficient (Wildman–Crippen LogP) is 2.25. The molecule has 0 fully saturated rings. The lowest BCUT2D eigenvalue weighted by Gasteiger charge is -2.24. The lowest BCUT2D eigenvalue weighted by Crippen LogP contribution is -2.41. The van der Waals surface area contributed by atoms with Crippen LogP contribution in [0.3, 0.4) is 0 Å². The summed E-state index contributed by atoms with van der Waals surface area (Å²) in [5, 5.41) is 10.6. The van der Waals surface area contributed by atoms with E-state index in [1.807, 2.05) is 16.8 Å². The number of urea groups is 1. The molecule has 7 heteroatoms. The summed E-state index contributed by atoms with van der Waals surface area (Å²) in [5.74, 6) is 1.48. The number of carbonyl (C=O) groups is 1. The quantitative estimate of drug-likeness (QED) is 0.894. The van der Waals surface area contributed by atoms with Crippen molar-refractivity contribution in [3.05, 3.63) is 47.0 Å². The van der Waals surface area contributed by atoms with Gasteiger partial charge in [0.2, 0.25) is 0 Å². The zero-order valence-electron chi connectivity index (χ0n) is 14.4. The Morgan fingerprint density at radius 1 is 1.28 bits per heavy atom. The van der Waals surface area contributed by atoms with Crippen LogP contribution < -0.4 is 10.6 Å². The highest BCUT2D eigenvalue weighted by atomic mass is 16.5. The second-order valence-electron chi connectivity index (χ2n) is 6.65. The van der Waals surface area contributed by atoms with Gasteiger partial charge < -0.3 is 15.4 Å². The number of benzene rings is 1. The minimum atomic E-state index is -0.142. The molecule has 1 aliphatic carbocycles. The van der Waals surface area contributed by atoms with E-state index in [2.05, 4.69) is 32.8 Å². The molecule has 2 aliphatic rings. The molecule has 1 aromatic heterocycles. The van der Waals surface area contributed by atoms with E-state index in [0.29, 0.717) is 12.4 Å². The van der Waals surface area contributed by atoms with Crippen molar-refractivity contribution in [3.8, 4) is 0 Å². The van der Waals surface area contributed by atoms with Crippen LogP contribution >= 0.6 is 0 Å². The molecule has 2 N–H and O–H groups in total. The number of ether oxygens (including phenoxy) is 1. The summed E-state index contributed by atoms with van der Waals surface area (Å²) in [5.41, 5.74) is 2.56. The van der Waals surface area contributed by atoms with Gasteiger partial charge in [0.15, 0.2) is 5.82 Å². The Morgan fingerprint density at radius 2 is 2.12 bits per heavy atom. The minimum Gasteiger partial charge on any atom is -0.377 e. The number of hydrogen-bond donors (Lipinski definition) is 2. The average molecular weight is 341 g/mol. The summed E-state index contributed by atoms with van der Waals surface area (Å²) >= 11 is 0. The van der Waals surface area contributed by atoms with Gasteiger partial charge in [-0.3, -0.25) is 0 Å². The third-order valence-corrected chi connectivity index (χ3v) is 4.94. The molecule has 0 radical (unpaired) electrons. The maximum atomic E-state index is 12.5. The van der Waals surface area contributed by atoms with E-state index in [4.69, 9.17) is 4.74 Å². The van der Waals surface area contributed by atoms with Gasteiger partial charge in [0.1, 0.15) is 12.4 Å². The largest absolute Gasteiger partial charge is 0.377 e. The zero-order valence-corrected chi connectivity index (χ0v) is 14.4. The molecule has 132 valence electrons. The van der Waals surface area contributed by atoms with Crippen molar-refractivity contribution in [2.75, 3.05) is 7.11 Å². The molecule has 25 heavy (non-hydrogen) atoms. The van der Waals surface area contributed by atoms with Crippen LogP contribution in [-0.2, 0) is 24.3 Å². The van der Waals surface area contributed by atoms with Crippen molar-refractivity contribution in [3.63, 3.8) is 0 Å². The molecule has 1 aromatic carbocycles. The van der Waals surface area contributed by atoms with Crippen LogP contribution in [0, 0.1) is 0 Å². The van der Waals surface area contributed by atoms with Crippen molar-refractivity contribution in [2.24, 2.45) is 0 Å². The molecular weight excluding hydrogens is 318 g/mol. The van der Waals surface area contributed by atoms with Gasteiger partial charge in [-0.1, -0.05) is 24.3 Å². The van der Waals surface area contributed by atoms with Crippen LogP contribution in [0.2, 0.25) is 0 Å². The number of nitrogens with zero attached hydrogens (tertiary/aromatic N) is 3. The number of aryl methyl sites for hydroxylation is 2. The molecule has 2 aromatic rings. The molecule has 2 heterocycles. The molecule has 4 rings (SSSR count). The molecule has 2 amide bonds. The maximum Gasteiger partial charge on any atom is 0.315 e. The van der Waals surface area contributed by atoms with E-state index in [1.54, 1.807) is 7.11 Å². The molecule has 0 spiro atoms. The smallest absolute Gasteiger partial charge is 0.315 e. The van der Waals surface area contributed by atoms with E-state index in [9.17, 15) is 4.79 Å². The van der Waals surface area contributed by atoms with Crippen LogP contribution in [-0.4, -0.2) is 27.9 Å². The van der Waals surface area contributed by atoms with E-state index in [0.717, 1.165) is 38.1 Å². The second-order valence-corrected chi connectivity index (χ2v) is 6.65. The van der Waals surface area contributed by atoms with E-state index < -0.39 is 0 Å². The molecular formula is C18H23N5O2. The van der Waals surface area contributed by atoms with Crippen LogP contribution in [0.4, 0.5) is 4.79 Å². The highest BCUT2D eigenvalue weighted by Crippen LogP contribution is 2.31. The first kappa shape index (κ1) is 16.1. The van der Waals surface area contributed by atoms with Crippen molar-refractivity contribution >= 4 is 6.03 Å². The lowest BCUT2D eigenvalue weighted by atomic mass is 10.1. The van der Waals surface area contributed by atoms with Gasteiger partial charge in [0.25, 0.3) is 0 Å². The Labute approximate surface area is 146 Å². The van der Waals surface area contributed by atoms with Gasteiger partial charge in [-0.25, -0.2) is 14.5 Å². The second kappa shape index (κ2) is 6.84. The summed E-state index contributed by atoms with van der Waals surface area (Å²) in [6, 6.07) is 8.14. The number of rotatable bonds is 4. The molecule has 0 bridgehead atoms. The lowest BCUT2D eigenvalue weighted by molar-refractivity contribution is 0.177. The van der Waals surface area contributed by atoms with E-state index >= 15 is 0 Å². The molecule has 0 saturated carbocycles. The highest BCUT2D eigenvalue weighted by Gasteiger charge is 2.28. The summed E-state index contributed by atoms with van der Waals surface area (Å²) < 4.78 is 6.99. The number of hydrogen-bond acceptors (Lipinski definition) is 4. The fraction of sp³-hybridized carbons (Fsp3) is 0.500. The first-order chi connectivity index (χ1) is 12.2. The summed E-state index contributed by atoms with van der Waals surface area (Å²) in [6.07, 6.45) is 3.81. The Kier molecular flexibility index (Phi) is 4.40. The van der Waals surface area contributed by atoms with Crippen molar-refractivity contribution < 1.29 is 9.53 Å². The predicted molar refractivity (Wildman–Crippen MR) is 91.9 cm³/mol. The van der Waals surface area contributed by atoms with Gasteiger partial charge in [0.05, 0.1) is 12.1 Å². The van der Waals surface area contributed by atoms with Crippen LogP contribution in [0.1, 0.15) is 54.1 Å². The number of nitrogens with one attached hydrogen (secondary N) is 2. The van der Waals surface area contributed by atoms with Gasteiger partial charge in [-0.15, -0.1) is 0 Å². The molecule has 2 atom stereocenters. The number of amides is 2.